The maximum absolute atomic E-state index is 12.7. The third kappa shape index (κ3) is 3.36. The summed E-state index contributed by atoms with van der Waals surface area (Å²) in [5.74, 6) is 0.536. The molecule has 6 nitrogen and oxygen atoms in total. The number of aryl methyl sites for hydroxylation is 2. The van der Waals surface area contributed by atoms with Gasteiger partial charge in [0.15, 0.2) is 9.84 Å². The van der Waals surface area contributed by atoms with Gasteiger partial charge in [-0.1, -0.05) is 11.8 Å². The van der Waals surface area contributed by atoms with Gasteiger partial charge in [0.1, 0.15) is 16.2 Å². The quantitative estimate of drug-likeness (QED) is 0.555. The average molecular weight is 412 g/mol. The van der Waals surface area contributed by atoms with Crippen LogP contribution in [0.25, 0.3) is 10.2 Å². The molecule has 0 saturated carbocycles. The van der Waals surface area contributed by atoms with Gasteiger partial charge in [0.05, 0.1) is 17.3 Å². The van der Waals surface area contributed by atoms with Crippen molar-refractivity contribution in [1.82, 2.24) is 14.9 Å². The molecular weight excluding hydrogens is 390 g/mol. The zero-order chi connectivity index (χ0) is 18.3. The molecule has 0 N–H and O–H groups in total. The van der Waals surface area contributed by atoms with Crippen molar-refractivity contribution >= 4 is 49.1 Å². The van der Waals surface area contributed by atoms with Crippen LogP contribution in [0.4, 0.5) is 0 Å². The second-order valence-electron chi connectivity index (χ2n) is 6.74. The molecule has 9 heteroatoms. The minimum absolute atomic E-state index is 0.0155. The van der Waals surface area contributed by atoms with Gasteiger partial charge in [-0.3, -0.25) is 4.79 Å². The first-order valence-corrected chi connectivity index (χ1v) is 12.5. The Balaban J connectivity index is 1.50. The number of thioether (sulfide) groups is 1. The smallest absolute Gasteiger partial charge is 0.233 e. The van der Waals surface area contributed by atoms with E-state index in [9.17, 15) is 13.2 Å². The van der Waals surface area contributed by atoms with Crippen LogP contribution >= 0.6 is 23.1 Å². The van der Waals surface area contributed by atoms with E-state index < -0.39 is 9.84 Å². The van der Waals surface area contributed by atoms with Gasteiger partial charge in [0.25, 0.3) is 0 Å². The fourth-order valence-corrected chi connectivity index (χ4v) is 7.82. The van der Waals surface area contributed by atoms with Gasteiger partial charge in [-0.25, -0.2) is 18.4 Å². The number of hydrogen-bond donors (Lipinski definition) is 0. The molecule has 0 bridgehead atoms. The van der Waals surface area contributed by atoms with E-state index in [1.54, 1.807) is 22.6 Å². The zero-order valence-corrected chi connectivity index (χ0v) is 17.1. The van der Waals surface area contributed by atoms with E-state index in [0.717, 1.165) is 28.1 Å². The Labute approximate surface area is 161 Å². The summed E-state index contributed by atoms with van der Waals surface area (Å²) in [4.78, 5) is 25.7. The van der Waals surface area contributed by atoms with Crippen molar-refractivity contribution in [2.45, 2.75) is 43.7 Å². The van der Waals surface area contributed by atoms with Crippen LogP contribution < -0.4 is 0 Å². The van der Waals surface area contributed by atoms with Crippen molar-refractivity contribution in [3.63, 3.8) is 0 Å². The first-order valence-electron chi connectivity index (χ1n) is 8.86. The predicted octanol–water partition coefficient (Wildman–Crippen LogP) is 2.31. The zero-order valence-electron chi connectivity index (χ0n) is 14.6. The first kappa shape index (κ1) is 18.2. The lowest BCUT2D eigenvalue weighted by Crippen LogP contribution is -2.41. The summed E-state index contributed by atoms with van der Waals surface area (Å²) in [5, 5.41) is 1.99. The normalized spacial score (nSPS) is 21.2. The van der Waals surface area contributed by atoms with E-state index in [4.69, 9.17) is 0 Å². The minimum Gasteiger partial charge on any atom is -0.338 e. The van der Waals surface area contributed by atoms with E-state index in [2.05, 4.69) is 9.97 Å². The molecule has 0 radical (unpaired) electrons. The summed E-state index contributed by atoms with van der Waals surface area (Å²) in [6.45, 7) is 2.44. The highest BCUT2D eigenvalue weighted by Gasteiger charge is 2.34. The number of carbonyl (C=O) groups excluding carboxylic acids is 1. The molecule has 2 aromatic rings. The van der Waals surface area contributed by atoms with E-state index in [0.29, 0.717) is 13.0 Å². The molecule has 1 fully saturated rings. The van der Waals surface area contributed by atoms with Gasteiger partial charge in [0.2, 0.25) is 5.91 Å². The lowest BCUT2D eigenvalue weighted by Gasteiger charge is -2.26. The fraction of sp³-hybridized carbons (Fsp3) is 0.588. The molecule has 0 aromatic carbocycles. The van der Waals surface area contributed by atoms with E-state index >= 15 is 0 Å². The molecule has 0 spiro atoms. The number of nitrogens with zero attached hydrogens (tertiary/aromatic N) is 3. The Kier molecular flexibility index (Phi) is 4.96. The van der Waals surface area contributed by atoms with Gasteiger partial charge in [-0.15, -0.1) is 11.3 Å². The summed E-state index contributed by atoms with van der Waals surface area (Å²) in [6.07, 6.45) is 5.46. The SMILES string of the molecule is CCN(C(=O)CSc1ncnc2sc3c(c12)CCC3)[C@@H]1CCS(=O)(=O)C1. The van der Waals surface area contributed by atoms with Gasteiger partial charge in [-0.05, 0) is 38.2 Å². The summed E-state index contributed by atoms with van der Waals surface area (Å²) in [7, 11) is -3.00. The monoisotopic (exact) mass is 411 g/mol. The van der Waals surface area contributed by atoms with Crippen LogP contribution in [0.3, 0.4) is 0 Å². The van der Waals surface area contributed by atoms with Crippen LogP contribution in [0.2, 0.25) is 0 Å². The second kappa shape index (κ2) is 7.09. The molecule has 4 rings (SSSR count). The van der Waals surface area contributed by atoms with Crippen molar-refractivity contribution in [2.24, 2.45) is 0 Å². The van der Waals surface area contributed by atoms with Crippen molar-refractivity contribution < 1.29 is 13.2 Å². The molecule has 3 heterocycles. The molecule has 2 aliphatic rings. The van der Waals surface area contributed by atoms with E-state index in [1.807, 2.05) is 6.92 Å². The molecule has 1 atom stereocenters. The van der Waals surface area contributed by atoms with Crippen LogP contribution in [0.15, 0.2) is 11.4 Å². The van der Waals surface area contributed by atoms with Crippen molar-refractivity contribution in [2.75, 3.05) is 23.8 Å². The van der Waals surface area contributed by atoms with Gasteiger partial charge >= 0.3 is 0 Å². The molecular formula is C17H21N3O3S3. The predicted molar refractivity (Wildman–Crippen MR) is 105 cm³/mol. The minimum atomic E-state index is -3.00. The summed E-state index contributed by atoms with van der Waals surface area (Å²) in [5.41, 5.74) is 1.36. The molecule has 1 aliphatic heterocycles. The summed E-state index contributed by atoms with van der Waals surface area (Å²) >= 11 is 3.19. The third-order valence-electron chi connectivity index (χ3n) is 5.11. The Morgan fingerprint density at radius 3 is 2.96 bits per heavy atom. The average Bonchev–Trinajstić information content (AvgIpc) is 3.27. The van der Waals surface area contributed by atoms with Crippen LogP contribution in [0, 0.1) is 0 Å². The molecule has 26 heavy (non-hydrogen) atoms. The molecule has 1 aliphatic carbocycles. The van der Waals surface area contributed by atoms with Gasteiger partial charge in [-0.2, -0.15) is 0 Å². The molecule has 2 aromatic heterocycles. The molecule has 1 saturated heterocycles. The highest BCUT2D eigenvalue weighted by Crippen LogP contribution is 2.40. The number of aromatic nitrogens is 2. The molecule has 140 valence electrons. The van der Waals surface area contributed by atoms with Crippen LogP contribution in [0.5, 0.6) is 0 Å². The maximum Gasteiger partial charge on any atom is 0.233 e. The first-order chi connectivity index (χ1) is 12.5. The van der Waals surface area contributed by atoms with Crippen molar-refractivity contribution in [3.05, 3.63) is 16.8 Å². The summed E-state index contributed by atoms with van der Waals surface area (Å²) in [6, 6.07) is -0.186. The highest BCUT2D eigenvalue weighted by atomic mass is 32.2. The fourth-order valence-electron chi connectivity index (χ4n) is 3.88. The topological polar surface area (TPSA) is 80.2 Å². The Morgan fingerprint density at radius 2 is 2.23 bits per heavy atom. The Hall–Kier alpha value is -1.19. The summed E-state index contributed by atoms with van der Waals surface area (Å²) < 4.78 is 23.5. The largest absolute Gasteiger partial charge is 0.338 e. The van der Waals surface area contributed by atoms with E-state index in [-0.39, 0.29) is 29.2 Å². The van der Waals surface area contributed by atoms with Crippen LogP contribution in [0.1, 0.15) is 30.2 Å². The number of rotatable bonds is 5. The maximum atomic E-state index is 12.7. The van der Waals surface area contributed by atoms with Crippen molar-refractivity contribution in [1.29, 1.82) is 0 Å². The standard InChI is InChI=1S/C17H21N3O3S3/c1-2-20(11-6-7-26(22,23)9-11)14(21)8-24-16-15-12-4-3-5-13(12)25-17(15)19-10-18-16/h10-11H,2-9H2,1H3/t11-/m1/s1. The highest BCUT2D eigenvalue weighted by molar-refractivity contribution is 8.00. The number of sulfone groups is 1. The van der Waals surface area contributed by atoms with Crippen LogP contribution in [-0.4, -0.2) is 59.0 Å². The van der Waals surface area contributed by atoms with Crippen molar-refractivity contribution in [3.8, 4) is 0 Å². The number of hydrogen-bond acceptors (Lipinski definition) is 7. The third-order valence-corrected chi connectivity index (χ3v) is 9.03. The molecule has 1 amide bonds. The van der Waals surface area contributed by atoms with Crippen LogP contribution in [-0.2, 0) is 27.5 Å². The number of amides is 1. The molecule has 0 unspecified atom stereocenters. The van der Waals surface area contributed by atoms with Gasteiger partial charge < -0.3 is 4.90 Å². The number of fused-ring (bicyclic) bond motifs is 3. The Bertz CT molecular complexity index is 955. The number of carbonyl (C=O) groups is 1. The lowest BCUT2D eigenvalue weighted by atomic mass is 10.2. The Morgan fingerprint density at radius 1 is 1.38 bits per heavy atom. The van der Waals surface area contributed by atoms with E-state index in [1.165, 1.54) is 28.6 Å². The van der Waals surface area contributed by atoms with Gasteiger partial charge in [0, 0.05) is 22.8 Å². The number of thiophene rings is 1. The second-order valence-corrected chi connectivity index (χ2v) is 11.0. The lowest BCUT2D eigenvalue weighted by molar-refractivity contribution is -0.129.